The molecule has 0 aromatic heterocycles. The average molecular weight is 417 g/mol. The van der Waals surface area contributed by atoms with Gasteiger partial charge in [0.05, 0.1) is 18.3 Å². The number of nitrogens with two attached hydrogens (primary N) is 1. The lowest BCUT2D eigenvalue weighted by atomic mass is 10.2. The van der Waals surface area contributed by atoms with Crippen LogP contribution in [0.1, 0.15) is 24.5 Å². The summed E-state index contributed by atoms with van der Waals surface area (Å²) in [6.45, 7) is 5.55. The van der Waals surface area contributed by atoms with E-state index in [1.54, 1.807) is 13.0 Å². The molecule has 0 saturated heterocycles. The molecule has 1 saturated carbocycles. The van der Waals surface area contributed by atoms with Crippen LogP contribution in [0.2, 0.25) is 0 Å². The fraction of sp³-hybridized carbons (Fsp3) is 0.318. The summed E-state index contributed by atoms with van der Waals surface area (Å²) in [7, 11) is -3.71. The molecule has 0 radical (unpaired) electrons. The Labute approximate surface area is 170 Å². The summed E-state index contributed by atoms with van der Waals surface area (Å²) in [6, 6.07) is 14.9. The number of hydrogen-bond acceptors (Lipinski definition) is 5. The average Bonchev–Trinajstić information content (AvgIpc) is 3.36. The van der Waals surface area contributed by atoms with E-state index in [1.807, 2.05) is 30.3 Å². The SMILES string of the molecule is C=CC1(N)CC1(C(=O)OCc1ccccc1)P(=O)(Cc1cccc(F)c1)OCC. The van der Waals surface area contributed by atoms with Crippen molar-refractivity contribution >= 4 is 13.3 Å². The van der Waals surface area contributed by atoms with Crippen LogP contribution in [0.25, 0.3) is 0 Å². The van der Waals surface area contributed by atoms with Crippen molar-refractivity contribution in [3.63, 3.8) is 0 Å². The van der Waals surface area contributed by atoms with Crippen LogP contribution in [-0.4, -0.2) is 23.3 Å². The Bertz CT molecular complexity index is 951. The number of carbonyl (C=O) groups is 1. The van der Waals surface area contributed by atoms with Crippen molar-refractivity contribution in [2.24, 2.45) is 5.73 Å². The number of hydrogen-bond donors (Lipinski definition) is 1. The molecule has 5 nitrogen and oxygen atoms in total. The Morgan fingerprint density at radius 1 is 1.24 bits per heavy atom. The molecular formula is C22H25FNO4P. The largest absolute Gasteiger partial charge is 0.460 e. The van der Waals surface area contributed by atoms with Gasteiger partial charge in [0.2, 0.25) is 7.37 Å². The Kier molecular flexibility index (Phi) is 6.08. The number of rotatable bonds is 9. The van der Waals surface area contributed by atoms with Crippen LogP contribution in [0, 0.1) is 5.82 Å². The third-order valence-corrected chi connectivity index (χ3v) is 8.68. The van der Waals surface area contributed by atoms with E-state index in [2.05, 4.69) is 6.58 Å². The monoisotopic (exact) mass is 417 g/mol. The molecule has 1 aliphatic carbocycles. The van der Waals surface area contributed by atoms with E-state index in [9.17, 15) is 13.8 Å². The van der Waals surface area contributed by atoms with Gasteiger partial charge in [-0.15, -0.1) is 6.58 Å². The zero-order valence-electron chi connectivity index (χ0n) is 16.3. The molecule has 3 atom stereocenters. The highest BCUT2D eigenvalue weighted by Crippen LogP contribution is 2.76. The van der Waals surface area contributed by atoms with Gasteiger partial charge in [0.25, 0.3) is 0 Å². The molecule has 1 fully saturated rings. The van der Waals surface area contributed by atoms with Crippen LogP contribution in [0.15, 0.2) is 67.3 Å². The summed E-state index contributed by atoms with van der Waals surface area (Å²) < 4.78 is 38.9. The third-order valence-electron chi connectivity index (χ3n) is 5.31. The van der Waals surface area contributed by atoms with Gasteiger partial charge in [0, 0.05) is 0 Å². The fourth-order valence-corrected chi connectivity index (χ4v) is 6.92. The molecule has 2 N–H and O–H groups in total. The highest BCUT2D eigenvalue weighted by Gasteiger charge is 2.79. The molecule has 2 aromatic carbocycles. The molecule has 2 aromatic rings. The maximum absolute atomic E-state index is 14.0. The molecule has 0 spiro atoms. The fourth-order valence-electron chi connectivity index (χ4n) is 3.68. The lowest BCUT2D eigenvalue weighted by Gasteiger charge is -2.29. The second-order valence-corrected chi connectivity index (χ2v) is 9.91. The van der Waals surface area contributed by atoms with E-state index in [0.29, 0.717) is 5.56 Å². The minimum Gasteiger partial charge on any atom is -0.460 e. The predicted molar refractivity (Wildman–Crippen MR) is 110 cm³/mol. The molecular weight excluding hydrogens is 392 g/mol. The van der Waals surface area contributed by atoms with Gasteiger partial charge in [-0.3, -0.25) is 9.36 Å². The van der Waals surface area contributed by atoms with E-state index >= 15 is 0 Å². The van der Waals surface area contributed by atoms with Crippen LogP contribution in [0.4, 0.5) is 4.39 Å². The summed E-state index contributed by atoms with van der Waals surface area (Å²) in [5.41, 5.74) is 6.41. The van der Waals surface area contributed by atoms with Crippen LogP contribution in [0.3, 0.4) is 0 Å². The normalized spacial score (nSPS) is 25.1. The van der Waals surface area contributed by atoms with E-state index < -0.39 is 29.9 Å². The first-order chi connectivity index (χ1) is 13.8. The Morgan fingerprint density at radius 3 is 2.52 bits per heavy atom. The lowest BCUT2D eigenvalue weighted by Crippen LogP contribution is -2.41. The maximum Gasteiger partial charge on any atom is 0.324 e. The Hall–Kier alpha value is -2.27. The summed E-state index contributed by atoms with van der Waals surface area (Å²) >= 11 is 0. The lowest BCUT2D eigenvalue weighted by molar-refractivity contribution is -0.146. The molecule has 154 valence electrons. The van der Waals surface area contributed by atoms with Crippen molar-refractivity contribution in [2.75, 3.05) is 6.61 Å². The number of benzene rings is 2. The standard InChI is InChI=1S/C22H25FNO4P/c1-3-21(24)16-22(21,20(25)27-14-17-9-6-5-7-10-17)29(26,28-4-2)15-18-11-8-12-19(23)13-18/h3,5-13H,1,4,14-16,24H2,2H3. The number of halogens is 1. The first-order valence-corrected chi connectivity index (χ1v) is 11.2. The van der Waals surface area contributed by atoms with Crippen molar-refractivity contribution in [1.82, 2.24) is 0 Å². The first kappa shape index (κ1) is 21.4. The van der Waals surface area contributed by atoms with Gasteiger partial charge in [-0.1, -0.05) is 48.5 Å². The molecule has 1 aliphatic rings. The van der Waals surface area contributed by atoms with Crippen LogP contribution in [0.5, 0.6) is 0 Å². The summed E-state index contributed by atoms with van der Waals surface area (Å²) in [6.07, 6.45) is 1.41. The second kappa shape index (κ2) is 8.23. The molecule has 7 heteroatoms. The van der Waals surface area contributed by atoms with Crippen molar-refractivity contribution in [3.8, 4) is 0 Å². The predicted octanol–water partition coefficient (Wildman–Crippen LogP) is 4.41. The quantitative estimate of drug-likeness (QED) is 0.371. The van der Waals surface area contributed by atoms with Crippen LogP contribution < -0.4 is 5.73 Å². The minimum absolute atomic E-state index is 0.0285. The van der Waals surface area contributed by atoms with Gasteiger partial charge in [-0.05, 0) is 36.6 Å². The van der Waals surface area contributed by atoms with Gasteiger partial charge in [0.1, 0.15) is 12.4 Å². The van der Waals surface area contributed by atoms with E-state index in [4.69, 9.17) is 15.0 Å². The Morgan fingerprint density at radius 2 is 1.93 bits per heavy atom. The van der Waals surface area contributed by atoms with Crippen molar-refractivity contribution in [3.05, 3.63) is 84.2 Å². The smallest absolute Gasteiger partial charge is 0.324 e. The zero-order valence-corrected chi connectivity index (χ0v) is 17.2. The van der Waals surface area contributed by atoms with Crippen molar-refractivity contribution in [1.29, 1.82) is 0 Å². The molecule has 29 heavy (non-hydrogen) atoms. The number of carbonyl (C=O) groups excluding carboxylic acids is 1. The van der Waals surface area contributed by atoms with Gasteiger partial charge >= 0.3 is 5.97 Å². The maximum atomic E-state index is 14.0. The van der Waals surface area contributed by atoms with Crippen molar-refractivity contribution in [2.45, 2.75) is 36.8 Å². The number of ether oxygens (including phenoxy) is 1. The van der Waals surface area contributed by atoms with Crippen molar-refractivity contribution < 1.29 is 23.0 Å². The van der Waals surface area contributed by atoms with Gasteiger partial charge < -0.3 is 15.0 Å². The van der Waals surface area contributed by atoms with E-state index in [0.717, 1.165) is 5.56 Å². The first-order valence-electron chi connectivity index (χ1n) is 9.42. The highest BCUT2D eigenvalue weighted by molar-refractivity contribution is 7.61. The molecule has 0 aliphatic heterocycles. The van der Waals surface area contributed by atoms with Gasteiger partial charge in [-0.25, -0.2) is 4.39 Å². The van der Waals surface area contributed by atoms with E-state index in [1.165, 1.54) is 24.3 Å². The minimum atomic E-state index is -3.71. The molecule has 0 heterocycles. The molecule has 0 amide bonds. The van der Waals surface area contributed by atoms with Crippen LogP contribution >= 0.6 is 7.37 Å². The van der Waals surface area contributed by atoms with Crippen LogP contribution in [-0.2, 0) is 31.4 Å². The summed E-state index contributed by atoms with van der Waals surface area (Å²) in [5, 5.41) is -1.54. The topological polar surface area (TPSA) is 78.6 Å². The Balaban J connectivity index is 1.93. The third kappa shape index (κ3) is 3.93. The van der Waals surface area contributed by atoms with Gasteiger partial charge in [0.15, 0.2) is 5.16 Å². The second-order valence-electron chi connectivity index (χ2n) is 7.22. The molecule has 3 unspecified atom stereocenters. The van der Waals surface area contributed by atoms with E-state index in [-0.39, 0.29) is 25.8 Å². The highest BCUT2D eigenvalue weighted by atomic mass is 31.2. The summed E-state index contributed by atoms with van der Waals surface area (Å²) in [4.78, 5) is 13.2. The van der Waals surface area contributed by atoms with Gasteiger partial charge in [-0.2, -0.15) is 0 Å². The summed E-state index contributed by atoms with van der Waals surface area (Å²) in [5.74, 6) is -1.14. The molecule has 3 rings (SSSR count). The molecule has 0 bridgehead atoms. The zero-order chi connectivity index (χ0) is 21.1. The number of esters is 1.